The van der Waals surface area contributed by atoms with E-state index in [0.717, 1.165) is 38.2 Å². The average Bonchev–Trinajstić information content (AvgIpc) is 2.82. The molecule has 3 atom stereocenters. The first-order valence-corrected chi connectivity index (χ1v) is 9.40. The third-order valence-electron chi connectivity index (χ3n) is 5.45. The van der Waals surface area contributed by atoms with Crippen molar-refractivity contribution in [2.45, 2.75) is 69.2 Å². The van der Waals surface area contributed by atoms with Gasteiger partial charge in [0.2, 0.25) is 0 Å². The molecule has 4 heteroatoms. The summed E-state index contributed by atoms with van der Waals surface area (Å²) < 4.78 is 12.7. The van der Waals surface area contributed by atoms with Crippen LogP contribution in [-0.4, -0.2) is 42.0 Å². The molecular weight excluding hydrogens is 270 g/mol. The van der Waals surface area contributed by atoms with E-state index in [9.17, 15) is 0 Å². The second kappa shape index (κ2) is 6.15. The Hall–Kier alpha value is 0.230. The highest BCUT2D eigenvalue weighted by Gasteiger charge is 2.44. The van der Waals surface area contributed by atoms with Crippen molar-refractivity contribution < 1.29 is 9.47 Å². The number of hydrogen-bond donors (Lipinski definition) is 1. The van der Waals surface area contributed by atoms with Gasteiger partial charge in [0.25, 0.3) is 0 Å². The normalized spacial score (nSPS) is 41.1. The molecule has 2 N–H and O–H groups in total. The Morgan fingerprint density at radius 2 is 2.00 bits per heavy atom. The van der Waals surface area contributed by atoms with Crippen LogP contribution in [0.15, 0.2) is 0 Å². The first kappa shape index (κ1) is 15.1. The molecule has 2 saturated heterocycles. The molecule has 2 aliphatic heterocycles. The fraction of sp³-hybridized carbons (Fsp3) is 1.00. The molecule has 0 aromatic rings. The van der Waals surface area contributed by atoms with Crippen LogP contribution in [-0.2, 0) is 9.47 Å². The lowest BCUT2D eigenvalue weighted by atomic mass is 9.86. The molecule has 0 bridgehead atoms. The molecule has 3 nitrogen and oxygen atoms in total. The van der Waals surface area contributed by atoms with E-state index >= 15 is 0 Å². The summed E-state index contributed by atoms with van der Waals surface area (Å²) in [4.78, 5) is 0. The zero-order chi connectivity index (χ0) is 14.1. The van der Waals surface area contributed by atoms with E-state index in [1.807, 2.05) is 0 Å². The minimum atomic E-state index is -0.0357. The predicted molar refractivity (Wildman–Crippen MR) is 84.1 cm³/mol. The molecule has 2 heterocycles. The lowest BCUT2D eigenvalue weighted by molar-refractivity contribution is -0.174. The Balaban J connectivity index is 1.62. The van der Waals surface area contributed by atoms with Gasteiger partial charge in [0.15, 0.2) is 0 Å². The first-order valence-electron chi connectivity index (χ1n) is 8.25. The largest absolute Gasteiger partial charge is 0.375 e. The number of rotatable bonds is 3. The maximum atomic E-state index is 6.58. The maximum Gasteiger partial charge on any atom is 0.0810 e. The van der Waals surface area contributed by atoms with Crippen LogP contribution in [0.25, 0.3) is 0 Å². The molecule has 0 aromatic heterocycles. The number of nitrogens with two attached hydrogens (primary N) is 1. The van der Waals surface area contributed by atoms with Crippen LogP contribution in [0.1, 0.15) is 51.9 Å². The Morgan fingerprint density at radius 1 is 1.20 bits per heavy atom. The highest BCUT2D eigenvalue weighted by molar-refractivity contribution is 7.99. The van der Waals surface area contributed by atoms with Gasteiger partial charge < -0.3 is 15.2 Å². The van der Waals surface area contributed by atoms with Crippen LogP contribution in [0, 0.1) is 5.92 Å². The topological polar surface area (TPSA) is 44.5 Å². The van der Waals surface area contributed by atoms with Crippen LogP contribution in [0.4, 0.5) is 0 Å². The molecule has 3 fully saturated rings. The fourth-order valence-corrected chi connectivity index (χ4v) is 5.45. The van der Waals surface area contributed by atoms with Gasteiger partial charge in [-0.3, -0.25) is 0 Å². The maximum absolute atomic E-state index is 6.58. The number of thioether (sulfide) groups is 1. The molecule has 116 valence electrons. The SMILES string of the molecule is CC1CCC(CN)(OC2CCOC3(CCSCC3)C2)C1. The molecule has 3 aliphatic rings. The highest BCUT2D eigenvalue weighted by Crippen LogP contribution is 2.42. The third-order valence-corrected chi connectivity index (χ3v) is 6.44. The van der Waals surface area contributed by atoms with Crippen molar-refractivity contribution >= 4 is 11.8 Å². The van der Waals surface area contributed by atoms with Gasteiger partial charge >= 0.3 is 0 Å². The van der Waals surface area contributed by atoms with E-state index in [4.69, 9.17) is 15.2 Å². The van der Waals surface area contributed by atoms with Crippen molar-refractivity contribution in [1.29, 1.82) is 0 Å². The Kier molecular flexibility index (Phi) is 4.66. The van der Waals surface area contributed by atoms with Gasteiger partial charge in [-0.25, -0.2) is 0 Å². The van der Waals surface area contributed by atoms with E-state index in [1.54, 1.807) is 0 Å². The van der Waals surface area contributed by atoms with E-state index in [2.05, 4.69) is 18.7 Å². The minimum absolute atomic E-state index is 0.0357. The van der Waals surface area contributed by atoms with Crippen LogP contribution in [0.2, 0.25) is 0 Å². The Bertz CT molecular complexity index is 327. The third kappa shape index (κ3) is 3.18. The van der Waals surface area contributed by atoms with Crippen molar-refractivity contribution in [3.63, 3.8) is 0 Å². The summed E-state index contributed by atoms with van der Waals surface area (Å²) >= 11 is 2.06. The molecule has 1 spiro atoms. The molecule has 0 aromatic carbocycles. The van der Waals surface area contributed by atoms with Gasteiger partial charge in [0.1, 0.15) is 0 Å². The minimum Gasteiger partial charge on any atom is -0.375 e. The van der Waals surface area contributed by atoms with E-state index < -0.39 is 0 Å². The van der Waals surface area contributed by atoms with Gasteiger partial charge in [-0.15, -0.1) is 0 Å². The molecule has 1 aliphatic carbocycles. The Labute approximate surface area is 127 Å². The summed E-state index contributed by atoms with van der Waals surface area (Å²) in [5.41, 5.74) is 6.14. The van der Waals surface area contributed by atoms with Crippen molar-refractivity contribution in [3.05, 3.63) is 0 Å². The fourth-order valence-electron chi connectivity index (χ4n) is 4.22. The second-order valence-electron chi connectivity index (χ2n) is 7.11. The van der Waals surface area contributed by atoms with Crippen LogP contribution in [0.3, 0.4) is 0 Å². The molecule has 20 heavy (non-hydrogen) atoms. The van der Waals surface area contributed by atoms with Crippen molar-refractivity contribution in [2.24, 2.45) is 11.7 Å². The van der Waals surface area contributed by atoms with Gasteiger partial charge in [-0.05, 0) is 55.9 Å². The quantitative estimate of drug-likeness (QED) is 0.870. The molecule has 3 rings (SSSR count). The molecule has 3 unspecified atom stereocenters. The zero-order valence-corrected chi connectivity index (χ0v) is 13.6. The average molecular weight is 299 g/mol. The summed E-state index contributed by atoms with van der Waals surface area (Å²) in [6, 6.07) is 0. The second-order valence-corrected chi connectivity index (χ2v) is 8.34. The summed E-state index contributed by atoms with van der Waals surface area (Å²) in [7, 11) is 0. The number of ether oxygens (including phenoxy) is 2. The van der Waals surface area contributed by atoms with E-state index in [-0.39, 0.29) is 11.2 Å². The summed E-state index contributed by atoms with van der Waals surface area (Å²) in [5.74, 6) is 3.25. The smallest absolute Gasteiger partial charge is 0.0810 e. The van der Waals surface area contributed by atoms with Gasteiger partial charge in [0.05, 0.1) is 17.3 Å². The van der Waals surface area contributed by atoms with Crippen molar-refractivity contribution in [3.8, 4) is 0 Å². The Morgan fingerprint density at radius 3 is 2.65 bits per heavy atom. The van der Waals surface area contributed by atoms with Gasteiger partial charge in [0, 0.05) is 19.6 Å². The zero-order valence-electron chi connectivity index (χ0n) is 12.7. The summed E-state index contributed by atoms with van der Waals surface area (Å²) in [6.45, 7) is 3.87. The molecule has 1 saturated carbocycles. The van der Waals surface area contributed by atoms with Crippen molar-refractivity contribution in [2.75, 3.05) is 24.7 Å². The summed E-state index contributed by atoms with van der Waals surface area (Å²) in [5, 5.41) is 0. The molecular formula is C16H29NO2S. The highest BCUT2D eigenvalue weighted by atomic mass is 32.2. The van der Waals surface area contributed by atoms with Crippen molar-refractivity contribution in [1.82, 2.24) is 0 Å². The monoisotopic (exact) mass is 299 g/mol. The van der Waals surface area contributed by atoms with E-state index in [1.165, 1.54) is 30.8 Å². The van der Waals surface area contributed by atoms with E-state index in [0.29, 0.717) is 12.6 Å². The predicted octanol–water partition coefficient (Wildman–Crippen LogP) is 2.97. The first-order chi connectivity index (χ1) is 9.65. The van der Waals surface area contributed by atoms with Crippen LogP contribution < -0.4 is 5.73 Å². The lowest BCUT2D eigenvalue weighted by Crippen LogP contribution is -2.49. The standard InChI is InChI=1S/C16H29NO2S/c1-13-2-4-16(10-13,12-17)19-14-3-7-18-15(11-14)5-8-20-9-6-15/h13-14H,2-12,17H2,1H3. The molecule has 0 amide bonds. The molecule has 0 radical (unpaired) electrons. The number of hydrogen-bond acceptors (Lipinski definition) is 4. The van der Waals surface area contributed by atoms with Gasteiger partial charge in [-0.1, -0.05) is 6.92 Å². The summed E-state index contributed by atoms with van der Waals surface area (Å²) in [6.07, 6.45) is 8.44. The lowest BCUT2D eigenvalue weighted by Gasteiger charge is -2.45. The van der Waals surface area contributed by atoms with Gasteiger partial charge in [-0.2, -0.15) is 11.8 Å². The van der Waals surface area contributed by atoms with Crippen LogP contribution in [0.5, 0.6) is 0 Å². The van der Waals surface area contributed by atoms with Crippen LogP contribution >= 0.6 is 11.8 Å².